The van der Waals surface area contributed by atoms with Crippen LogP contribution >= 0.6 is 0 Å². The van der Waals surface area contributed by atoms with E-state index >= 15 is 0 Å². The molecule has 2 rings (SSSR count). The Kier molecular flexibility index (Phi) is 4.49. The number of hydrogen-bond acceptors (Lipinski definition) is 3. The molecule has 0 radical (unpaired) electrons. The van der Waals surface area contributed by atoms with Crippen LogP contribution in [0.1, 0.15) is 57.2 Å². The van der Waals surface area contributed by atoms with Crippen LogP contribution in [0.15, 0.2) is 18.6 Å². The molecule has 0 amide bonds. The minimum absolute atomic E-state index is 0.375. The molecule has 1 unspecified atom stereocenters. The first kappa shape index (κ1) is 12.5. The number of hydrogen-bond donors (Lipinski definition) is 1. The van der Waals surface area contributed by atoms with Crippen molar-refractivity contribution < 1.29 is 5.11 Å². The molecule has 1 aliphatic carbocycles. The van der Waals surface area contributed by atoms with Crippen LogP contribution in [0.2, 0.25) is 0 Å². The molecule has 3 nitrogen and oxygen atoms in total. The Morgan fingerprint density at radius 3 is 2.65 bits per heavy atom. The smallest absolute Gasteiger partial charge is 0.100 e. The highest BCUT2D eigenvalue weighted by Gasteiger charge is 2.27. The predicted octanol–water partition coefficient (Wildman–Crippen LogP) is 3.12. The molecule has 0 aromatic carbocycles. The molecule has 3 heteroatoms. The van der Waals surface area contributed by atoms with E-state index in [2.05, 4.69) is 16.9 Å². The minimum atomic E-state index is -0.425. The Balaban J connectivity index is 1.88. The van der Waals surface area contributed by atoms with Gasteiger partial charge in [-0.1, -0.05) is 32.6 Å². The van der Waals surface area contributed by atoms with E-state index in [-0.39, 0.29) is 0 Å². The molecular formula is C14H22N2O. The summed E-state index contributed by atoms with van der Waals surface area (Å²) in [6.07, 6.45) is 12.0. The molecule has 1 aromatic rings. The van der Waals surface area contributed by atoms with Gasteiger partial charge in [0.15, 0.2) is 0 Å². The van der Waals surface area contributed by atoms with E-state index in [1.165, 1.54) is 25.7 Å². The van der Waals surface area contributed by atoms with Crippen molar-refractivity contribution in [3.63, 3.8) is 0 Å². The second-order valence-corrected chi connectivity index (χ2v) is 5.14. The molecule has 1 aromatic heterocycles. The third-order valence-electron chi connectivity index (χ3n) is 3.92. The highest BCUT2D eigenvalue weighted by Crippen LogP contribution is 2.37. The number of nitrogens with zero attached hydrogens (tertiary/aromatic N) is 2. The summed E-state index contributed by atoms with van der Waals surface area (Å²) in [5.74, 6) is 1.25. The van der Waals surface area contributed by atoms with Crippen LogP contribution in [-0.2, 0) is 0 Å². The third-order valence-corrected chi connectivity index (χ3v) is 3.92. The Morgan fingerprint density at radius 1 is 1.29 bits per heavy atom. The maximum atomic E-state index is 10.3. The third kappa shape index (κ3) is 3.25. The van der Waals surface area contributed by atoms with Gasteiger partial charge in [0, 0.05) is 12.4 Å². The molecule has 0 bridgehead atoms. The van der Waals surface area contributed by atoms with Crippen molar-refractivity contribution in [2.45, 2.75) is 51.6 Å². The van der Waals surface area contributed by atoms with Crippen LogP contribution in [0, 0.1) is 11.8 Å². The monoisotopic (exact) mass is 234 g/mol. The largest absolute Gasteiger partial charge is 0.386 e. The van der Waals surface area contributed by atoms with Gasteiger partial charge < -0.3 is 5.11 Å². The minimum Gasteiger partial charge on any atom is -0.386 e. The zero-order chi connectivity index (χ0) is 12.1. The van der Waals surface area contributed by atoms with Crippen molar-refractivity contribution in [3.8, 4) is 0 Å². The number of aliphatic hydroxyl groups excluding tert-OH is 1. The zero-order valence-electron chi connectivity index (χ0n) is 10.5. The first-order chi connectivity index (χ1) is 8.31. The molecular weight excluding hydrogens is 212 g/mol. The van der Waals surface area contributed by atoms with Crippen molar-refractivity contribution >= 4 is 0 Å². The number of rotatable bonds is 4. The molecule has 0 spiro atoms. The summed E-state index contributed by atoms with van der Waals surface area (Å²) in [7, 11) is 0. The molecule has 1 atom stereocenters. The van der Waals surface area contributed by atoms with Crippen LogP contribution in [0.3, 0.4) is 0 Å². The second-order valence-electron chi connectivity index (χ2n) is 5.14. The van der Waals surface area contributed by atoms with Gasteiger partial charge in [-0.25, -0.2) is 0 Å². The summed E-state index contributed by atoms with van der Waals surface area (Å²) in [5, 5.41) is 10.3. The van der Waals surface area contributed by atoms with Crippen LogP contribution in [0.25, 0.3) is 0 Å². The second kappa shape index (κ2) is 6.10. The molecule has 1 saturated carbocycles. The Hall–Kier alpha value is -0.960. The fraction of sp³-hybridized carbons (Fsp3) is 0.714. The van der Waals surface area contributed by atoms with Crippen molar-refractivity contribution in [2.75, 3.05) is 0 Å². The molecule has 1 fully saturated rings. The van der Waals surface area contributed by atoms with Crippen LogP contribution in [0.5, 0.6) is 0 Å². The van der Waals surface area contributed by atoms with Crippen molar-refractivity contribution in [2.24, 2.45) is 11.8 Å². The van der Waals surface area contributed by atoms with Crippen molar-refractivity contribution in [3.05, 3.63) is 24.3 Å². The normalized spacial score (nSPS) is 26.7. The lowest BCUT2D eigenvalue weighted by atomic mass is 9.77. The van der Waals surface area contributed by atoms with Crippen LogP contribution in [0.4, 0.5) is 0 Å². The first-order valence-corrected chi connectivity index (χ1v) is 6.75. The number of aromatic nitrogens is 2. The van der Waals surface area contributed by atoms with Gasteiger partial charge in [-0.05, 0) is 24.7 Å². The van der Waals surface area contributed by atoms with E-state index in [0.29, 0.717) is 5.92 Å². The van der Waals surface area contributed by atoms with Gasteiger partial charge in [0.2, 0.25) is 0 Å². The van der Waals surface area contributed by atoms with Crippen molar-refractivity contribution in [1.29, 1.82) is 0 Å². The summed E-state index contributed by atoms with van der Waals surface area (Å²) >= 11 is 0. The lowest BCUT2D eigenvalue weighted by Crippen LogP contribution is -2.21. The fourth-order valence-electron chi connectivity index (χ4n) is 2.91. The average molecular weight is 234 g/mol. The standard InChI is InChI=1S/C14H22N2O/c1-2-3-11-4-6-12(7-5-11)14(17)13-10-15-8-9-16-13/h8-12,14,17H,2-7H2,1H3. The molecule has 0 saturated heterocycles. The topological polar surface area (TPSA) is 46.0 Å². The molecule has 1 aliphatic rings. The molecule has 1 N–H and O–H groups in total. The van der Waals surface area contributed by atoms with E-state index in [4.69, 9.17) is 0 Å². The Bertz CT molecular complexity index is 320. The molecule has 94 valence electrons. The summed E-state index contributed by atoms with van der Waals surface area (Å²) in [6.45, 7) is 2.25. The van der Waals surface area contributed by atoms with E-state index in [0.717, 1.165) is 24.5 Å². The van der Waals surface area contributed by atoms with Gasteiger partial charge >= 0.3 is 0 Å². The summed E-state index contributed by atoms with van der Waals surface area (Å²) in [4.78, 5) is 8.22. The zero-order valence-corrected chi connectivity index (χ0v) is 10.5. The van der Waals surface area contributed by atoms with E-state index in [1.54, 1.807) is 18.6 Å². The maximum Gasteiger partial charge on any atom is 0.100 e. The summed E-state index contributed by atoms with van der Waals surface area (Å²) in [5.41, 5.74) is 0.728. The van der Waals surface area contributed by atoms with Crippen LogP contribution < -0.4 is 0 Å². The van der Waals surface area contributed by atoms with E-state index in [1.807, 2.05) is 0 Å². The lowest BCUT2D eigenvalue weighted by molar-refractivity contribution is 0.0686. The predicted molar refractivity (Wildman–Crippen MR) is 67.3 cm³/mol. The highest BCUT2D eigenvalue weighted by atomic mass is 16.3. The van der Waals surface area contributed by atoms with Crippen LogP contribution in [-0.4, -0.2) is 15.1 Å². The van der Waals surface area contributed by atoms with E-state index < -0.39 is 6.10 Å². The van der Waals surface area contributed by atoms with Gasteiger partial charge in [-0.15, -0.1) is 0 Å². The van der Waals surface area contributed by atoms with Gasteiger partial charge in [0.1, 0.15) is 6.10 Å². The van der Waals surface area contributed by atoms with Gasteiger partial charge in [0.25, 0.3) is 0 Å². The average Bonchev–Trinajstić information content (AvgIpc) is 2.40. The Morgan fingerprint density at radius 2 is 2.06 bits per heavy atom. The first-order valence-electron chi connectivity index (χ1n) is 6.75. The summed E-state index contributed by atoms with van der Waals surface area (Å²) < 4.78 is 0. The lowest BCUT2D eigenvalue weighted by Gasteiger charge is -2.31. The van der Waals surface area contributed by atoms with Gasteiger partial charge in [0.05, 0.1) is 11.9 Å². The fourth-order valence-corrected chi connectivity index (χ4v) is 2.91. The highest BCUT2D eigenvalue weighted by molar-refractivity contribution is 5.01. The van der Waals surface area contributed by atoms with Gasteiger partial charge in [-0.2, -0.15) is 0 Å². The SMILES string of the molecule is CCCC1CCC(C(O)c2cnccn2)CC1. The quantitative estimate of drug-likeness (QED) is 0.870. The summed E-state index contributed by atoms with van der Waals surface area (Å²) in [6, 6.07) is 0. The molecule has 1 heterocycles. The van der Waals surface area contributed by atoms with E-state index in [9.17, 15) is 5.11 Å². The van der Waals surface area contributed by atoms with Crippen molar-refractivity contribution in [1.82, 2.24) is 9.97 Å². The maximum absolute atomic E-state index is 10.3. The van der Waals surface area contributed by atoms with Gasteiger partial charge in [-0.3, -0.25) is 9.97 Å². The Labute approximate surface area is 103 Å². The molecule has 17 heavy (non-hydrogen) atoms. The molecule has 0 aliphatic heterocycles. The number of aliphatic hydroxyl groups is 1.